The molecule has 7 heteroatoms. The molecule has 1 unspecified atom stereocenters. The molecule has 0 saturated carbocycles. The van der Waals surface area contributed by atoms with Crippen LogP contribution in [0.1, 0.15) is 0 Å². The molecule has 0 fully saturated rings. The maximum atomic E-state index is 11.1. The summed E-state index contributed by atoms with van der Waals surface area (Å²) in [7, 11) is 0. The summed E-state index contributed by atoms with van der Waals surface area (Å²) in [4.78, 5) is 0. The summed E-state index contributed by atoms with van der Waals surface area (Å²) in [5, 5.41) is 0. The van der Waals surface area contributed by atoms with E-state index < -0.39 is 24.5 Å². The molecular weight excluding hydrogens is 393 g/mol. The zero-order chi connectivity index (χ0) is 9.45. The molecule has 0 saturated heterocycles. The molecule has 0 spiro atoms. The summed E-state index contributed by atoms with van der Waals surface area (Å²) in [6.07, 6.45) is 3.37. The van der Waals surface area contributed by atoms with Gasteiger partial charge in [0.2, 0.25) is 0 Å². The van der Waals surface area contributed by atoms with Crippen LogP contribution in [-0.2, 0) is 9.19 Å². The Morgan fingerprint density at radius 3 is 3.18 bits per heavy atom. The van der Waals surface area contributed by atoms with Crippen LogP contribution in [0.25, 0.3) is 0 Å². The van der Waals surface area contributed by atoms with Crippen LogP contribution in [0, 0.1) is 0 Å². The van der Waals surface area contributed by atoms with Crippen molar-refractivity contribution in [2.75, 3.05) is 13.1 Å². The van der Waals surface area contributed by atoms with Crippen LogP contribution >= 0.6 is 24.7 Å². The second-order valence-corrected chi connectivity index (χ2v) is 15.7. The zero-order valence-corrected chi connectivity index (χ0v) is 10.8. The molecule has 0 heterocycles. The van der Waals surface area contributed by atoms with Crippen molar-refractivity contribution < 1.29 is 31.0 Å². The van der Waals surface area contributed by atoms with Crippen molar-refractivity contribution in [3.63, 3.8) is 0 Å². The minimum absolute atomic E-state index is 0.231. The molecule has 0 aromatic rings. The molecule has 0 aliphatic heterocycles. The van der Waals surface area contributed by atoms with Gasteiger partial charge >= 0.3 is 92.8 Å². The fraction of sp³-hybridized carbons (Fsp3) is 0.500. The second-order valence-electron chi connectivity index (χ2n) is 1.53. The van der Waals surface area contributed by atoms with Crippen LogP contribution in [-0.4, -0.2) is 13.7 Å². The first-order chi connectivity index (χ1) is 5.62. The van der Waals surface area contributed by atoms with E-state index in [1.165, 1.54) is 0 Å². The molecule has 0 aliphatic rings. The van der Waals surface area contributed by atoms with Gasteiger partial charge in [-0.15, -0.1) is 0 Å². The quantitative estimate of drug-likeness (QED) is 0.187. The molecule has 4 nitrogen and oxygen atoms in total. The molecule has 0 bridgehead atoms. The van der Waals surface area contributed by atoms with Crippen molar-refractivity contribution >= 4 is 24.7 Å². The van der Waals surface area contributed by atoms with Gasteiger partial charge in [0.05, 0.1) is 0 Å². The Morgan fingerprint density at radius 1 is 1.91 bits per heavy atom. The van der Waals surface area contributed by atoms with Crippen LogP contribution in [0.3, 0.4) is 0 Å². The average Bonchev–Trinajstić information content (AvgIpc) is 2.04. The van der Waals surface area contributed by atoms with Crippen molar-refractivity contribution in [3.05, 3.63) is 12.2 Å². The van der Waals surface area contributed by atoms with Crippen LogP contribution in [0.2, 0.25) is 0 Å². The summed E-state index contributed by atoms with van der Waals surface area (Å²) >= 11 is 0.553. The Balaban J connectivity index is 3.43. The van der Waals surface area contributed by atoms with Gasteiger partial charge in [-0.25, -0.2) is 0 Å². The number of hydrogen-bond donors (Lipinski definition) is 1. The molecule has 0 amide bonds. The molecule has 0 aliphatic carbocycles. The summed E-state index contributed by atoms with van der Waals surface area (Å²) in [6.45, 7) is 0.657. The van der Waals surface area contributed by atoms with Gasteiger partial charge in [0.25, 0.3) is 0 Å². The van der Waals surface area contributed by atoms with E-state index in [1.54, 1.807) is 34.2 Å². The van der Waals surface area contributed by atoms with Crippen molar-refractivity contribution in [3.8, 4) is 0 Å². The van der Waals surface area contributed by atoms with Gasteiger partial charge in [-0.3, -0.25) is 0 Å². The van der Waals surface area contributed by atoms with Crippen LogP contribution in [0.4, 0.5) is 0 Å². The van der Waals surface area contributed by atoms with E-state index in [0.29, 0.717) is 6.54 Å². The normalized spacial score (nSPS) is 18.5. The summed E-state index contributed by atoms with van der Waals surface area (Å²) in [5.74, 6) is 0. The third kappa shape index (κ3) is 11.3. The SMILES string of the molecule is [2H][I-]P(=O)(I)ONC/C=C/C[NH]. The molecule has 1 atom stereocenters. The fourth-order valence-electron chi connectivity index (χ4n) is 0.327. The van der Waals surface area contributed by atoms with Gasteiger partial charge in [-0.1, -0.05) is 0 Å². The van der Waals surface area contributed by atoms with Crippen molar-refractivity contribution in [2.24, 2.45) is 0 Å². The monoisotopic (exact) mass is 403 g/mol. The Labute approximate surface area is 92.1 Å². The van der Waals surface area contributed by atoms with E-state index in [9.17, 15) is 4.57 Å². The topological polar surface area (TPSA) is 62.1 Å². The van der Waals surface area contributed by atoms with E-state index >= 15 is 0 Å². The van der Waals surface area contributed by atoms with E-state index in [1.807, 2.05) is 0 Å². The molecule has 0 aromatic carbocycles. The molecule has 0 aromatic heterocycles. The van der Waals surface area contributed by atoms with Crippen LogP contribution < -0.4 is 33.1 Å². The van der Waals surface area contributed by atoms with Gasteiger partial charge in [0, 0.05) is 0 Å². The Bertz CT molecular complexity index is 192. The second kappa shape index (κ2) is 6.79. The van der Waals surface area contributed by atoms with Gasteiger partial charge in [0.1, 0.15) is 0 Å². The van der Waals surface area contributed by atoms with E-state index in [-0.39, 0.29) is 6.54 Å². The number of hydrogen-bond acceptors (Lipinski definition) is 3. The van der Waals surface area contributed by atoms with E-state index in [2.05, 4.69) is 5.48 Å². The molecule has 1 radical (unpaired) electrons. The number of rotatable bonds is 6. The molecule has 0 rings (SSSR count). The minimum atomic E-state index is -2.67. The molecule has 11 heavy (non-hydrogen) atoms. The predicted molar refractivity (Wildman–Crippen MR) is 49.2 cm³/mol. The van der Waals surface area contributed by atoms with Crippen molar-refractivity contribution in [2.45, 2.75) is 0 Å². The van der Waals surface area contributed by atoms with E-state index in [4.69, 9.17) is 11.0 Å². The average molecular weight is 403 g/mol. The molecule has 2 N–H and O–H groups in total. The van der Waals surface area contributed by atoms with Gasteiger partial charge in [-0.2, -0.15) is 0 Å². The zero-order valence-electron chi connectivity index (χ0n) is 6.59. The number of halogens is 2. The Kier molecular flexibility index (Phi) is 6.41. The predicted octanol–water partition coefficient (Wildman–Crippen LogP) is -1.82. The number of nitrogens with one attached hydrogen (secondary N) is 2. The fourth-order valence-corrected chi connectivity index (χ4v) is 1.39. The van der Waals surface area contributed by atoms with Gasteiger partial charge < -0.3 is 0 Å². The van der Waals surface area contributed by atoms with Gasteiger partial charge in [0.15, 0.2) is 0 Å². The summed E-state index contributed by atoms with van der Waals surface area (Å²) in [5.41, 5.74) is 9.24. The maximum absolute atomic E-state index is 11.1. The first-order valence-electron chi connectivity index (χ1n) is 3.14. The van der Waals surface area contributed by atoms with Gasteiger partial charge in [-0.05, 0) is 0 Å². The summed E-state index contributed by atoms with van der Waals surface area (Å²) in [6, 6.07) is 0. The molecular formula is C4H9I2N2O2P-. The number of hydroxylamine groups is 1. The standard InChI is InChI=1S/C4H9I2N2O2P/c5-11(6,9)10-8-4-2-1-3-7/h1-2,5,7-8H,3-4H2/q-1/b2-1+/i5D. The third-order valence-corrected chi connectivity index (χ3v) is 2.18. The Morgan fingerprint density at radius 2 is 2.64 bits per heavy atom. The van der Waals surface area contributed by atoms with E-state index in [0.717, 1.165) is 0 Å². The summed E-state index contributed by atoms with van der Waals surface area (Å²) < 4.78 is 20.2. The Hall–Kier alpha value is 1.31. The van der Waals surface area contributed by atoms with Crippen molar-refractivity contribution in [1.29, 1.82) is 0.594 Å². The third-order valence-electron chi connectivity index (χ3n) is 0.657. The van der Waals surface area contributed by atoms with Crippen LogP contribution in [0.5, 0.6) is 0 Å². The van der Waals surface area contributed by atoms with Crippen LogP contribution in [0.15, 0.2) is 12.2 Å². The first-order valence-corrected chi connectivity index (χ1v) is 9.96. The first kappa shape index (κ1) is 10.4. The molecule has 67 valence electrons. The van der Waals surface area contributed by atoms with Crippen molar-refractivity contribution in [1.82, 2.24) is 11.2 Å².